The van der Waals surface area contributed by atoms with E-state index in [4.69, 9.17) is 9.15 Å². The minimum Gasteiger partial charge on any atom is -0.460 e. The molecule has 3 aromatic rings. The zero-order chi connectivity index (χ0) is 23.3. The lowest BCUT2D eigenvalue weighted by atomic mass is 9.95. The van der Waals surface area contributed by atoms with Crippen LogP contribution in [0.4, 0.5) is 0 Å². The van der Waals surface area contributed by atoms with Gasteiger partial charge in [0.2, 0.25) is 5.71 Å². The summed E-state index contributed by atoms with van der Waals surface area (Å²) in [5, 5.41) is 0.976. The van der Waals surface area contributed by atoms with E-state index in [0.717, 1.165) is 54.3 Å². The van der Waals surface area contributed by atoms with Crippen molar-refractivity contribution in [3.05, 3.63) is 46.5 Å². The van der Waals surface area contributed by atoms with Gasteiger partial charge < -0.3 is 9.15 Å². The molecule has 0 aliphatic carbocycles. The van der Waals surface area contributed by atoms with Crippen LogP contribution in [-0.2, 0) is 22.4 Å². The predicted molar refractivity (Wildman–Crippen MR) is 131 cm³/mol. The van der Waals surface area contributed by atoms with Crippen LogP contribution in [0.15, 0.2) is 39.7 Å². The highest BCUT2D eigenvalue weighted by Gasteiger charge is 2.21. The van der Waals surface area contributed by atoms with Crippen LogP contribution in [0.2, 0.25) is 0 Å². The van der Waals surface area contributed by atoms with Crippen molar-refractivity contribution in [2.75, 3.05) is 0 Å². The first-order valence-electron chi connectivity index (χ1n) is 11.4. The van der Waals surface area contributed by atoms with Crippen LogP contribution in [0.5, 0.6) is 0 Å². The molecule has 172 valence electrons. The zero-order valence-electron chi connectivity index (χ0n) is 19.7. The summed E-state index contributed by atoms with van der Waals surface area (Å²) in [4.78, 5) is 20.9. The van der Waals surface area contributed by atoms with Crippen molar-refractivity contribution in [2.45, 2.75) is 78.7 Å². The first-order valence-corrected chi connectivity index (χ1v) is 12.2. The fourth-order valence-corrected chi connectivity index (χ4v) is 4.45. The Morgan fingerprint density at radius 3 is 2.53 bits per heavy atom. The first kappa shape index (κ1) is 24.4. The average molecular weight is 501 g/mol. The zero-order valence-corrected chi connectivity index (χ0v) is 21.3. The second-order valence-corrected chi connectivity index (χ2v) is 10.2. The van der Waals surface area contributed by atoms with Gasteiger partial charge in [0, 0.05) is 12.0 Å². The normalized spacial score (nSPS) is 12.8. The number of fused-ring (bicyclic) bond motifs is 1. The molecule has 2 aromatic heterocycles. The molecule has 0 saturated carbocycles. The number of carbonyl (C=O) groups is 1. The van der Waals surface area contributed by atoms with Crippen molar-refractivity contribution in [3.8, 4) is 11.1 Å². The van der Waals surface area contributed by atoms with Crippen molar-refractivity contribution in [2.24, 2.45) is 5.92 Å². The lowest BCUT2D eigenvalue weighted by Gasteiger charge is -2.19. The van der Waals surface area contributed by atoms with Gasteiger partial charge >= 0.3 is 5.97 Å². The molecule has 0 aliphatic heterocycles. The van der Waals surface area contributed by atoms with E-state index >= 15 is 0 Å². The number of esters is 1. The smallest absolute Gasteiger partial charge is 0.306 e. The largest absolute Gasteiger partial charge is 0.460 e. The van der Waals surface area contributed by atoms with Crippen LogP contribution in [0.25, 0.3) is 22.2 Å². The third-order valence-corrected chi connectivity index (χ3v) is 6.02. The summed E-state index contributed by atoms with van der Waals surface area (Å²) in [5.74, 6) is 0.306. The van der Waals surface area contributed by atoms with Crippen LogP contribution >= 0.6 is 15.9 Å². The highest BCUT2D eigenvalue weighted by atomic mass is 79.9. The molecule has 0 aliphatic rings. The van der Waals surface area contributed by atoms with Crippen molar-refractivity contribution >= 4 is 33.0 Å². The molecule has 32 heavy (non-hydrogen) atoms. The van der Waals surface area contributed by atoms with Crippen molar-refractivity contribution < 1.29 is 13.9 Å². The van der Waals surface area contributed by atoms with Gasteiger partial charge in [0.1, 0.15) is 11.9 Å². The fraction of sp³-hybridized carbons (Fsp3) is 0.500. The van der Waals surface area contributed by atoms with Gasteiger partial charge in [-0.2, -0.15) is 0 Å². The van der Waals surface area contributed by atoms with Crippen LogP contribution < -0.4 is 0 Å². The lowest BCUT2D eigenvalue weighted by Crippen LogP contribution is -2.23. The van der Waals surface area contributed by atoms with Gasteiger partial charge in [-0.1, -0.05) is 51.0 Å². The maximum absolute atomic E-state index is 11.9. The highest BCUT2D eigenvalue weighted by Crippen LogP contribution is 2.39. The third kappa shape index (κ3) is 6.41. The van der Waals surface area contributed by atoms with Crippen molar-refractivity contribution in [3.63, 3.8) is 0 Å². The highest BCUT2D eigenvalue weighted by molar-refractivity contribution is 9.10. The number of nitrogens with zero attached hydrogens (tertiary/aromatic N) is 2. The van der Waals surface area contributed by atoms with Crippen molar-refractivity contribution in [1.29, 1.82) is 0 Å². The Labute approximate surface area is 199 Å². The number of hydrogen-bond donors (Lipinski definition) is 0. The topological polar surface area (TPSA) is 65.2 Å². The average Bonchev–Trinajstić information content (AvgIpc) is 3.07. The Morgan fingerprint density at radius 2 is 1.88 bits per heavy atom. The Kier molecular flexibility index (Phi) is 8.10. The SMILES string of the molecule is CCc1ccc(-c2c(Br)oc3ncnc(C[C@H](C)CCCCC(=O)OC(C)(C)C)c23)cc1. The van der Waals surface area contributed by atoms with Gasteiger partial charge in [0.15, 0.2) is 4.67 Å². The second kappa shape index (κ2) is 10.6. The number of unbranched alkanes of at least 4 members (excludes halogenated alkanes) is 1. The Balaban J connectivity index is 1.69. The first-order chi connectivity index (χ1) is 15.2. The fourth-order valence-electron chi connectivity index (χ4n) is 3.87. The third-order valence-electron chi connectivity index (χ3n) is 5.46. The number of carbonyl (C=O) groups excluding carboxylic acids is 1. The standard InChI is InChI=1S/C26H33BrN2O3/c1-6-18-11-13-19(14-12-18)22-23-20(28-16-29-25(23)31-24(22)27)15-17(2)9-7-8-10-21(30)32-26(3,4)5/h11-14,16-17H,6-10,15H2,1-5H3/t17-/m1/s1. The maximum Gasteiger partial charge on any atom is 0.306 e. The summed E-state index contributed by atoms with van der Waals surface area (Å²) in [7, 11) is 0. The summed E-state index contributed by atoms with van der Waals surface area (Å²) < 4.78 is 12.0. The molecule has 6 heteroatoms. The Bertz CT molecular complexity index is 1050. The summed E-state index contributed by atoms with van der Waals surface area (Å²) in [6.45, 7) is 10.1. The Hall–Kier alpha value is -2.21. The molecule has 2 heterocycles. The molecule has 1 aromatic carbocycles. The quantitative estimate of drug-likeness (QED) is 0.227. The van der Waals surface area contributed by atoms with Gasteiger partial charge in [-0.05, 0) is 73.0 Å². The van der Waals surface area contributed by atoms with Crippen LogP contribution in [-0.4, -0.2) is 21.5 Å². The number of halogens is 1. The van der Waals surface area contributed by atoms with Gasteiger partial charge in [-0.25, -0.2) is 9.97 Å². The molecule has 0 radical (unpaired) electrons. The summed E-state index contributed by atoms with van der Waals surface area (Å²) in [6.07, 6.45) is 6.72. The van der Waals surface area contributed by atoms with E-state index in [1.165, 1.54) is 5.56 Å². The number of aryl methyl sites for hydroxylation is 1. The van der Waals surface area contributed by atoms with Crippen molar-refractivity contribution in [1.82, 2.24) is 9.97 Å². The monoisotopic (exact) mass is 500 g/mol. The number of furan rings is 1. The number of rotatable bonds is 9. The molecule has 0 amide bonds. The van der Waals surface area contributed by atoms with Crippen LogP contribution in [0.1, 0.15) is 71.6 Å². The number of hydrogen-bond acceptors (Lipinski definition) is 5. The minimum atomic E-state index is -0.420. The van der Waals surface area contributed by atoms with E-state index in [1.54, 1.807) is 6.33 Å². The minimum absolute atomic E-state index is 0.121. The van der Waals surface area contributed by atoms with E-state index in [9.17, 15) is 4.79 Å². The number of benzene rings is 1. The molecule has 0 unspecified atom stereocenters. The van der Waals surface area contributed by atoms with E-state index in [0.29, 0.717) is 22.7 Å². The maximum atomic E-state index is 11.9. The van der Waals surface area contributed by atoms with E-state index in [-0.39, 0.29) is 5.97 Å². The van der Waals surface area contributed by atoms with Gasteiger partial charge in [0.05, 0.1) is 11.1 Å². The molecule has 3 rings (SSSR count). The van der Waals surface area contributed by atoms with Gasteiger partial charge in [-0.15, -0.1) is 0 Å². The summed E-state index contributed by atoms with van der Waals surface area (Å²) in [6, 6.07) is 8.56. The molecule has 5 nitrogen and oxygen atoms in total. The van der Waals surface area contributed by atoms with E-state index in [2.05, 4.69) is 64.0 Å². The summed E-state index contributed by atoms with van der Waals surface area (Å²) in [5.41, 5.74) is 4.58. The molecule has 0 saturated heterocycles. The predicted octanol–water partition coefficient (Wildman–Crippen LogP) is 7.30. The molecular weight excluding hydrogens is 468 g/mol. The van der Waals surface area contributed by atoms with Crippen LogP contribution in [0.3, 0.4) is 0 Å². The molecule has 0 fully saturated rings. The molecular formula is C26H33BrN2O3. The van der Waals surface area contributed by atoms with Crippen LogP contribution in [0, 0.1) is 5.92 Å². The Morgan fingerprint density at radius 1 is 1.16 bits per heavy atom. The molecule has 0 spiro atoms. The second-order valence-electron chi connectivity index (χ2n) is 9.44. The van der Waals surface area contributed by atoms with E-state index in [1.807, 2.05) is 20.8 Å². The lowest BCUT2D eigenvalue weighted by molar-refractivity contribution is -0.154. The molecule has 0 bridgehead atoms. The summed E-state index contributed by atoms with van der Waals surface area (Å²) >= 11 is 3.59. The van der Waals surface area contributed by atoms with Gasteiger partial charge in [-0.3, -0.25) is 4.79 Å². The van der Waals surface area contributed by atoms with Gasteiger partial charge in [0.25, 0.3) is 0 Å². The van der Waals surface area contributed by atoms with E-state index < -0.39 is 5.60 Å². The molecule has 0 N–H and O–H groups in total. The molecule has 1 atom stereocenters. The number of ether oxygens (including phenoxy) is 1. The number of aromatic nitrogens is 2.